The van der Waals surface area contributed by atoms with Crippen molar-refractivity contribution < 1.29 is 35.4 Å². The lowest BCUT2D eigenvalue weighted by molar-refractivity contribution is 0.00275. The molecular formula is C18H38O7. The monoisotopic (exact) mass is 366 g/mol. The largest absolute Gasteiger partial charge is 0.396 e. The number of rotatable bonds is 12. The molecular weight excluding hydrogens is 328 g/mol. The molecule has 0 spiro atoms. The van der Waals surface area contributed by atoms with E-state index < -0.39 is 10.8 Å². The number of aliphatic hydroxyl groups is 6. The minimum Gasteiger partial charge on any atom is -0.396 e. The maximum atomic E-state index is 8.66. The molecule has 0 fully saturated rings. The first kappa shape index (κ1) is 29.0. The molecule has 0 aliphatic heterocycles. The standard InChI is InChI=1S/2C6H14O3.C6H10O/c2*1-2-6(3-7,4-8)5-9;1-3-5-7-6-4-2/h2*7-9H,2-5H2,1H3;3-4H,1-2,5-6H2. The molecule has 0 heterocycles. The van der Waals surface area contributed by atoms with E-state index in [4.69, 9.17) is 35.4 Å². The van der Waals surface area contributed by atoms with Crippen LogP contribution in [0.25, 0.3) is 0 Å². The normalized spacial score (nSPS) is 10.9. The van der Waals surface area contributed by atoms with Gasteiger partial charge in [0.15, 0.2) is 0 Å². The van der Waals surface area contributed by atoms with Gasteiger partial charge in [-0.15, -0.1) is 13.2 Å². The van der Waals surface area contributed by atoms with Crippen molar-refractivity contribution in [1.29, 1.82) is 0 Å². The maximum Gasteiger partial charge on any atom is 0.0649 e. The summed E-state index contributed by atoms with van der Waals surface area (Å²) in [5.41, 5.74) is -1.33. The van der Waals surface area contributed by atoms with Crippen LogP contribution < -0.4 is 0 Å². The van der Waals surface area contributed by atoms with E-state index in [1.807, 2.05) is 13.8 Å². The Labute approximate surface area is 151 Å². The van der Waals surface area contributed by atoms with Crippen LogP contribution in [0.5, 0.6) is 0 Å². The molecule has 0 aromatic carbocycles. The van der Waals surface area contributed by atoms with Gasteiger partial charge in [0.1, 0.15) is 0 Å². The molecule has 6 N–H and O–H groups in total. The van der Waals surface area contributed by atoms with Crippen LogP contribution in [0.2, 0.25) is 0 Å². The van der Waals surface area contributed by atoms with Gasteiger partial charge in [-0.2, -0.15) is 0 Å². The molecule has 7 nitrogen and oxygen atoms in total. The van der Waals surface area contributed by atoms with Crippen LogP contribution in [0.1, 0.15) is 26.7 Å². The minimum absolute atomic E-state index is 0.156. The summed E-state index contributed by atoms with van der Waals surface area (Å²) in [6.07, 6.45) is 4.61. The van der Waals surface area contributed by atoms with Gasteiger partial charge in [-0.25, -0.2) is 0 Å². The van der Waals surface area contributed by atoms with Gasteiger partial charge in [0, 0.05) is 10.8 Å². The van der Waals surface area contributed by atoms with Gasteiger partial charge in [-0.1, -0.05) is 26.0 Å². The first-order valence-electron chi connectivity index (χ1n) is 8.35. The van der Waals surface area contributed by atoms with Gasteiger partial charge in [-0.3, -0.25) is 0 Å². The summed E-state index contributed by atoms with van der Waals surface area (Å²) < 4.78 is 4.90. The Kier molecular flexibility index (Phi) is 22.6. The van der Waals surface area contributed by atoms with Gasteiger partial charge >= 0.3 is 0 Å². The van der Waals surface area contributed by atoms with Gasteiger partial charge < -0.3 is 35.4 Å². The van der Waals surface area contributed by atoms with E-state index in [9.17, 15) is 0 Å². The number of hydrogen-bond acceptors (Lipinski definition) is 7. The molecule has 7 heteroatoms. The lowest BCUT2D eigenvalue weighted by atomic mass is 9.88. The zero-order chi connectivity index (χ0) is 20.2. The predicted octanol–water partition coefficient (Wildman–Crippen LogP) is 0.0944. The van der Waals surface area contributed by atoms with Gasteiger partial charge in [-0.05, 0) is 12.8 Å². The van der Waals surface area contributed by atoms with Crippen LogP contribution >= 0.6 is 0 Å². The highest BCUT2D eigenvalue weighted by Gasteiger charge is 2.25. The molecule has 0 aromatic heterocycles. The van der Waals surface area contributed by atoms with Gasteiger partial charge in [0.25, 0.3) is 0 Å². The minimum atomic E-state index is -0.667. The van der Waals surface area contributed by atoms with Crippen LogP contribution in [0.4, 0.5) is 0 Å². The molecule has 0 aliphatic rings. The predicted molar refractivity (Wildman–Crippen MR) is 99.2 cm³/mol. The van der Waals surface area contributed by atoms with Gasteiger partial charge in [0.2, 0.25) is 0 Å². The zero-order valence-corrected chi connectivity index (χ0v) is 15.7. The highest BCUT2D eigenvalue weighted by molar-refractivity contribution is 4.74. The summed E-state index contributed by atoms with van der Waals surface area (Å²) in [5, 5.41) is 51.9. The Morgan fingerprint density at radius 2 is 0.880 bits per heavy atom. The molecule has 0 rings (SSSR count). The molecule has 0 unspecified atom stereocenters. The number of aliphatic hydroxyl groups excluding tert-OH is 6. The van der Waals surface area contributed by atoms with Crippen molar-refractivity contribution in [2.75, 3.05) is 52.9 Å². The molecule has 0 atom stereocenters. The van der Waals surface area contributed by atoms with Crippen LogP contribution in [-0.2, 0) is 4.74 Å². The van der Waals surface area contributed by atoms with Crippen molar-refractivity contribution >= 4 is 0 Å². The van der Waals surface area contributed by atoms with E-state index in [1.165, 1.54) is 0 Å². The highest BCUT2D eigenvalue weighted by atomic mass is 16.5. The molecule has 25 heavy (non-hydrogen) atoms. The zero-order valence-electron chi connectivity index (χ0n) is 15.7. The first-order chi connectivity index (χ1) is 11.9. The quantitative estimate of drug-likeness (QED) is 0.213. The Bertz CT molecular complexity index is 224. The fourth-order valence-electron chi connectivity index (χ4n) is 1.21. The Hall–Kier alpha value is -0.800. The molecule has 152 valence electrons. The first-order valence-corrected chi connectivity index (χ1v) is 8.35. The summed E-state index contributed by atoms with van der Waals surface area (Å²) >= 11 is 0. The van der Waals surface area contributed by atoms with Crippen molar-refractivity contribution in [3.8, 4) is 0 Å². The fourth-order valence-corrected chi connectivity index (χ4v) is 1.21. The second-order valence-corrected chi connectivity index (χ2v) is 5.77. The maximum absolute atomic E-state index is 8.66. The third-order valence-corrected chi connectivity index (χ3v) is 3.98. The van der Waals surface area contributed by atoms with Crippen molar-refractivity contribution in [2.45, 2.75) is 26.7 Å². The molecule has 0 saturated carbocycles. The van der Waals surface area contributed by atoms with E-state index in [2.05, 4.69) is 13.2 Å². The third kappa shape index (κ3) is 14.1. The topological polar surface area (TPSA) is 131 Å². The van der Waals surface area contributed by atoms with Crippen molar-refractivity contribution in [2.24, 2.45) is 10.8 Å². The molecule has 0 aliphatic carbocycles. The lowest BCUT2D eigenvalue weighted by Gasteiger charge is -2.24. The number of ether oxygens (including phenoxy) is 1. The van der Waals surface area contributed by atoms with Crippen molar-refractivity contribution in [3.05, 3.63) is 25.3 Å². The summed E-state index contributed by atoms with van der Waals surface area (Å²) in [4.78, 5) is 0. The van der Waals surface area contributed by atoms with Gasteiger partial charge in [0.05, 0.1) is 52.9 Å². The molecule has 0 amide bonds. The van der Waals surface area contributed by atoms with E-state index in [0.29, 0.717) is 26.1 Å². The van der Waals surface area contributed by atoms with Crippen LogP contribution in [0.15, 0.2) is 25.3 Å². The fraction of sp³-hybridized carbons (Fsp3) is 0.778. The molecule has 0 saturated heterocycles. The van der Waals surface area contributed by atoms with Crippen molar-refractivity contribution in [1.82, 2.24) is 0 Å². The average molecular weight is 366 g/mol. The molecule has 0 aromatic rings. The second kappa shape index (κ2) is 19.5. The SMILES string of the molecule is C=CCOCC=C.CCC(CO)(CO)CO.CCC(CO)(CO)CO. The lowest BCUT2D eigenvalue weighted by Crippen LogP contribution is -2.32. The highest BCUT2D eigenvalue weighted by Crippen LogP contribution is 2.18. The third-order valence-electron chi connectivity index (χ3n) is 3.98. The Morgan fingerprint density at radius 1 is 0.640 bits per heavy atom. The summed E-state index contributed by atoms with van der Waals surface area (Å²) in [6, 6.07) is 0. The smallest absolute Gasteiger partial charge is 0.0649 e. The van der Waals surface area contributed by atoms with E-state index in [0.717, 1.165) is 0 Å². The van der Waals surface area contributed by atoms with E-state index in [1.54, 1.807) is 12.2 Å². The van der Waals surface area contributed by atoms with Crippen molar-refractivity contribution in [3.63, 3.8) is 0 Å². The van der Waals surface area contributed by atoms with E-state index >= 15 is 0 Å². The van der Waals surface area contributed by atoms with E-state index in [-0.39, 0.29) is 39.6 Å². The van der Waals surface area contributed by atoms with Crippen LogP contribution in [-0.4, -0.2) is 83.5 Å². The number of hydrogen-bond donors (Lipinski definition) is 6. The summed E-state index contributed by atoms with van der Waals surface area (Å²) in [5.74, 6) is 0. The average Bonchev–Trinajstić information content (AvgIpc) is 2.68. The van der Waals surface area contributed by atoms with Crippen LogP contribution in [0, 0.1) is 10.8 Å². The summed E-state index contributed by atoms with van der Waals surface area (Å²) in [7, 11) is 0. The molecule has 0 radical (unpaired) electrons. The second-order valence-electron chi connectivity index (χ2n) is 5.77. The summed E-state index contributed by atoms with van der Waals surface area (Å²) in [6.45, 7) is 10.9. The molecule has 0 bridgehead atoms. The Morgan fingerprint density at radius 3 is 0.960 bits per heavy atom. The van der Waals surface area contributed by atoms with Crippen LogP contribution in [0.3, 0.4) is 0 Å². The Balaban J connectivity index is -0.000000293.